The molecule has 0 saturated carbocycles. The van der Waals surface area contributed by atoms with Crippen molar-refractivity contribution in [3.63, 3.8) is 0 Å². The van der Waals surface area contributed by atoms with Crippen molar-refractivity contribution in [1.29, 1.82) is 0 Å². The van der Waals surface area contributed by atoms with E-state index in [1.807, 2.05) is 30.5 Å². The highest BCUT2D eigenvalue weighted by atomic mass is 79.9. The Labute approximate surface area is 245 Å². The number of benzene rings is 2. The van der Waals surface area contributed by atoms with Crippen LogP contribution < -0.4 is 10.1 Å². The zero-order valence-corrected chi connectivity index (χ0v) is 24.4. The van der Waals surface area contributed by atoms with E-state index in [1.54, 1.807) is 13.3 Å². The van der Waals surface area contributed by atoms with Gasteiger partial charge in [-0.1, -0.05) is 42.5 Å². The van der Waals surface area contributed by atoms with Crippen molar-refractivity contribution in [3.05, 3.63) is 119 Å². The highest BCUT2D eigenvalue weighted by molar-refractivity contribution is 8.93. The summed E-state index contributed by atoms with van der Waals surface area (Å²) in [6.45, 7) is 2.99. The van der Waals surface area contributed by atoms with Crippen molar-refractivity contribution in [2.24, 2.45) is 0 Å². The molecule has 1 aliphatic rings. The van der Waals surface area contributed by atoms with Gasteiger partial charge in [0.15, 0.2) is 0 Å². The van der Waals surface area contributed by atoms with E-state index in [9.17, 15) is 0 Å². The second kappa shape index (κ2) is 13.2. The van der Waals surface area contributed by atoms with E-state index in [-0.39, 0.29) is 23.0 Å². The monoisotopic (exact) mass is 598 g/mol. The summed E-state index contributed by atoms with van der Waals surface area (Å²) < 4.78 is 5.41. The number of hydrogen-bond acceptors (Lipinski definition) is 6. The van der Waals surface area contributed by atoms with E-state index in [0.29, 0.717) is 6.54 Å². The lowest BCUT2D eigenvalue weighted by Crippen LogP contribution is -2.31. The molecular weight excluding hydrogens is 564 g/mol. The van der Waals surface area contributed by atoms with Gasteiger partial charge in [-0.2, -0.15) is 0 Å². The minimum absolute atomic E-state index is 0. The minimum Gasteiger partial charge on any atom is -0.495 e. The number of imidazole rings is 1. The van der Waals surface area contributed by atoms with E-state index in [1.165, 1.54) is 28.8 Å². The smallest absolute Gasteiger partial charge is 0.141 e. The number of pyridine rings is 2. The molecule has 0 saturated heterocycles. The van der Waals surface area contributed by atoms with Crippen LogP contribution in [-0.4, -0.2) is 31.9 Å². The molecule has 8 heteroatoms. The van der Waals surface area contributed by atoms with Crippen molar-refractivity contribution < 1.29 is 4.74 Å². The van der Waals surface area contributed by atoms with Gasteiger partial charge < -0.3 is 15.0 Å². The Morgan fingerprint density at radius 1 is 0.900 bits per heavy atom. The summed E-state index contributed by atoms with van der Waals surface area (Å²) in [7, 11) is 1.68. The lowest BCUT2D eigenvalue weighted by atomic mass is 9.90. The van der Waals surface area contributed by atoms with Crippen LogP contribution >= 0.6 is 17.0 Å². The SMILES string of the molecule is Br.COc1cccnc1CNCc1ccc(CN(Cc2nc3ccccc3[nH]2)C2CCCc3cccnc32)cc1. The van der Waals surface area contributed by atoms with E-state index in [0.717, 1.165) is 60.8 Å². The first-order valence-corrected chi connectivity index (χ1v) is 13.6. The van der Waals surface area contributed by atoms with Gasteiger partial charge in [-0.05, 0) is 66.3 Å². The Morgan fingerprint density at radius 2 is 1.70 bits per heavy atom. The maximum absolute atomic E-state index is 5.41. The highest BCUT2D eigenvalue weighted by Crippen LogP contribution is 2.34. The normalized spacial score (nSPS) is 14.6. The first-order valence-electron chi connectivity index (χ1n) is 13.6. The first-order chi connectivity index (χ1) is 19.3. The molecule has 0 aliphatic heterocycles. The maximum Gasteiger partial charge on any atom is 0.141 e. The molecule has 0 spiro atoms. The summed E-state index contributed by atoms with van der Waals surface area (Å²) in [6.07, 6.45) is 7.10. The van der Waals surface area contributed by atoms with Crippen LogP contribution in [0.25, 0.3) is 11.0 Å². The molecule has 40 heavy (non-hydrogen) atoms. The number of methoxy groups -OCH3 is 1. The van der Waals surface area contributed by atoms with Crippen LogP contribution in [0.1, 0.15) is 52.8 Å². The average Bonchev–Trinajstić information content (AvgIpc) is 3.40. The second-order valence-electron chi connectivity index (χ2n) is 10.1. The molecular formula is C32H35BrN6O. The average molecular weight is 600 g/mol. The topological polar surface area (TPSA) is 79.0 Å². The molecule has 2 aromatic carbocycles. The van der Waals surface area contributed by atoms with Crippen LogP contribution in [0.3, 0.4) is 0 Å². The predicted molar refractivity (Wildman–Crippen MR) is 163 cm³/mol. The van der Waals surface area contributed by atoms with Gasteiger partial charge in [-0.15, -0.1) is 17.0 Å². The molecule has 7 nitrogen and oxygen atoms in total. The Hall–Kier alpha value is -3.59. The molecule has 3 heterocycles. The van der Waals surface area contributed by atoms with Crippen LogP contribution in [-0.2, 0) is 32.6 Å². The number of aromatic nitrogens is 4. The largest absolute Gasteiger partial charge is 0.495 e. The van der Waals surface area contributed by atoms with Crippen LogP contribution in [0.5, 0.6) is 5.75 Å². The minimum atomic E-state index is 0. The number of H-pyrrole nitrogens is 1. The van der Waals surface area contributed by atoms with Crippen molar-refractivity contribution in [2.45, 2.75) is 51.5 Å². The van der Waals surface area contributed by atoms with Gasteiger partial charge in [0.1, 0.15) is 11.6 Å². The van der Waals surface area contributed by atoms with E-state index < -0.39 is 0 Å². The molecule has 0 bridgehead atoms. The zero-order chi connectivity index (χ0) is 26.4. The molecule has 0 amide bonds. The fourth-order valence-corrected chi connectivity index (χ4v) is 5.55. The van der Waals surface area contributed by atoms with Crippen molar-refractivity contribution in [2.75, 3.05) is 7.11 Å². The van der Waals surface area contributed by atoms with Gasteiger partial charge in [-0.25, -0.2) is 4.98 Å². The number of fused-ring (bicyclic) bond motifs is 2. The molecule has 0 fully saturated rings. The van der Waals surface area contributed by atoms with Crippen LogP contribution in [0.2, 0.25) is 0 Å². The number of nitrogens with zero attached hydrogens (tertiary/aromatic N) is 4. The molecule has 1 aliphatic carbocycles. The Morgan fingerprint density at radius 3 is 2.55 bits per heavy atom. The van der Waals surface area contributed by atoms with Gasteiger partial charge in [0, 0.05) is 32.0 Å². The van der Waals surface area contributed by atoms with Gasteiger partial charge in [0.25, 0.3) is 0 Å². The molecule has 2 N–H and O–H groups in total. The predicted octanol–water partition coefficient (Wildman–Crippen LogP) is 6.31. The second-order valence-corrected chi connectivity index (χ2v) is 10.1. The fraction of sp³-hybridized carbons (Fsp3) is 0.281. The molecule has 1 unspecified atom stereocenters. The standard InChI is InChI=1S/C32H34N6O.BrH/c1-39-30-12-6-17-34-28(30)20-33-19-23-13-15-24(16-14-23)21-38(22-31-36-26-9-2-3-10-27(26)37-31)29-11-4-7-25-8-5-18-35-32(25)29;/h2-3,5-6,8-10,12-18,29,33H,4,7,11,19-22H2,1H3,(H,36,37);1H. The summed E-state index contributed by atoms with van der Waals surface area (Å²) >= 11 is 0. The van der Waals surface area contributed by atoms with Crippen LogP contribution in [0.4, 0.5) is 0 Å². The number of hydrogen-bond donors (Lipinski definition) is 2. The van der Waals surface area contributed by atoms with Crippen molar-refractivity contribution in [1.82, 2.24) is 30.2 Å². The van der Waals surface area contributed by atoms with Crippen molar-refractivity contribution >= 4 is 28.0 Å². The van der Waals surface area contributed by atoms with E-state index in [2.05, 4.69) is 68.7 Å². The number of aryl methyl sites for hydroxylation is 1. The number of aromatic amines is 1. The summed E-state index contributed by atoms with van der Waals surface area (Å²) in [6, 6.07) is 25.5. The summed E-state index contributed by atoms with van der Waals surface area (Å²) in [5.41, 5.74) is 8.11. The molecule has 3 aromatic heterocycles. The summed E-state index contributed by atoms with van der Waals surface area (Å²) in [4.78, 5) is 20.2. The quantitative estimate of drug-likeness (QED) is 0.196. The molecule has 5 aromatic rings. The number of ether oxygens (including phenoxy) is 1. The number of halogens is 1. The van der Waals surface area contributed by atoms with Gasteiger partial charge >= 0.3 is 0 Å². The Balaban J connectivity index is 0.00000323. The van der Waals surface area contributed by atoms with E-state index in [4.69, 9.17) is 14.7 Å². The van der Waals surface area contributed by atoms with E-state index >= 15 is 0 Å². The third-order valence-corrected chi connectivity index (χ3v) is 7.50. The molecule has 1 atom stereocenters. The first kappa shape index (κ1) is 28.0. The number of para-hydroxylation sites is 2. The number of nitrogens with one attached hydrogen (secondary N) is 2. The molecule has 6 rings (SSSR count). The van der Waals surface area contributed by atoms with Gasteiger partial charge in [0.2, 0.25) is 0 Å². The van der Waals surface area contributed by atoms with Gasteiger partial charge in [0.05, 0.1) is 42.1 Å². The summed E-state index contributed by atoms with van der Waals surface area (Å²) in [5, 5.41) is 3.49. The Kier molecular flexibility index (Phi) is 9.21. The van der Waals surface area contributed by atoms with Crippen molar-refractivity contribution in [3.8, 4) is 5.75 Å². The van der Waals surface area contributed by atoms with Gasteiger partial charge in [-0.3, -0.25) is 14.9 Å². The highest BCUT2D eigenvalue weighted by Gasteiger charge is 2.28. The molecule has 206 valence electrons. The zero-order valence-electron chi connectivity index (χ0n) is 22.7. The van der Waals surface area contributed by atoms with Crippen LogP contribution in [0.15, 0.2) is 85.2 Å². The Bertz CT molecular complexity index is 1500. The lowest BCUT2D eigenvalue weighted by molar-refractivity contribution is 0.153. The number of rotatable bonds is 10. The summed E-state index contributed by atoms with van der Waals surface area (Å²) in [5.74, 6) is 1.80. The fourth-order valence-electron chi connectivity index (χ4n) is 5.55. The third kappa shape index (κ3) is 6.41. The lowest BCUT2D eigenvalue weighted by Gasteiger charge is -2.34. The molecule has 0 radical (unpaired) electrons. The third-order valence-electron chi connectivity index (χ3n) is 7.50. The maximum atomic E-state index is 5.41. The van der Waals surface area contributed by atoms with Crippen LogP contribution in [0, 0.1) is 0 Å².